The summed E-state index contributed by atoms with van der Waals surface area (Å²) in [7, 11) is 1.77. The van der Waals surface area contributed by atoms with Crippen molar-refractivity contribution in [2.45, 2.75) is 13.8 Å². The fourth-order valence-electron chi connectivity index (χ4n) is 0.250. The van der Waals surface area contributed by atoms with Gasteiger partial charge in [-0.1, -0.05) is 13.8 Å². The van der Waals surface area contributed by atoms with Crippen molar-refractivity contribution in [3.05, 3.63) is 0 Å². The summed E-state index contributed by atoms with van der Waals surface area (Å²) in [5.41, 5.74) is 2.60. The van der Waals surface area contributed by atoms with Gasteiger partial charge < -0.3 is 4.84 Å². The predicted molar refractivity (Wildman–Crippen MR) is 29.8 cm³/mol. The molecule has 0 aromatic rings. The molecule has 7 heavy (non-hydrogen) atoms. The molecule has 0 spiro atoms. The maximum Gasteiger partial charge on any atom is 0.0704 e. The molecule has 0 heterocycles. The van der Waals surface area contributed by atoms with Gasteiger partial charge in [-0.15, -0.1) is 0 Å². The van der Waals surface area contributed by atoms with Crippen molar-refractivity contribution in [1.82, 2.24) is 5.48 Å². The molecule has 2 heteroatoms. The van der Waals surface area contributed by atoms with Gasteiger partial charge in [0.15, 0.2) is 0 Å². The van der Waals surface area contributed by atoms with Crippen LogP contribution in [0.15, 0.2) is 0 Å². The van der Waals surface area contributed by atoms with Crippen LogP contribution in [0.5, 0.6) is 0 Å². The van der Waals surface area contributed by atoms with Gasteiger partial charge in [-0.2, -0.15) is 0 Å². The molecule has 0 bridgehead atoms. The van der Waals surface area contributed by atoms with Gasteiger partial charge in [0.25, 0.3) is 0 Å². The second-order valence-corrected chi connectivity index (χ2v) is 1.91. The van der Waals surface area contributed by atoms with E-state index in [1.165, 1.54) is 0 Å². The van der Waals surface area contributed by atoms with Crippen LogP contribution in [-0.2, 0) is 4.84 Å². The van der Waals surface area contributed by atoms with Gasteiger partial charge in [0.1, 0.15) is 0 Å². The Hall–Kier alpha value is -0.0800. The van der Waals surface area contributed by atoms with Crippen molar-refractivity contribution < 1.29 is 4.84 Å². The second-order valence-electron chi connectivity index (χ2n) is 1.91. The van der Waals surface area contributed by atoms with Gasteiger partial charge in [-0.05, 0) is 5.92 Å². The van der Waals surface area contributed by atoms with E-state index in [0.717, 1.165) is 6.61 Å². The van der Waals surface area contributed by atoms with E-state index in [9.17, 15) is 0 Å². The van der Waals surface area contributed by atoms with Crippen LogP contribution >= 0.6 is 0 Å². The highest BCUT2D eigenvalue weighted by atomic mass is 16.6. The third kappa shape index (κ3) is 5.92. The molecule has 0 aromatic carbocycles. The van der Waals surface area contributed by atoms with Crippen molar-refractivity contribution in [2.24, 2.45) is 5.92 Å². The summed E-state index contributed by atoms with van der Waals surface area (Å²) in [5, 5.41) is 0. The second kappa shape index (κ2) is 4.09. The molecule has 0 fully saturated rings. The summed E-state index contributed by atoms with van der Waals surface area (Å²) >= 11 is 0. The Morgan fingerprint density at radius 1 is 1.57 bits per heavy atom. The number of nitrogens with one attached hydrogen (secondary N) is 1. The number of hydroxylamine groups is 1. The summed E-state index contributed by atoms with van der Waals surface area (Å²) in [6, 6.07) is 0. The zero-order chi connectivity index (χ0) is 5.70. The Labute approximate surface area is 44.8 Å². The monoisotopic (exact) mass is 103 g/mol. The van der Waals surface area contributed by atoms with E-state index < -0.39 is 0 Å². The molecule has 2 nitrogen and oxygen atoms in total. The molecule has 0 aliphatic carbocycles. The standard InChI is InChI=1S/C5H13NO/c1-5(2)4-7-6-3/h5-6H,4H2,1-3H3. The zero-order valence-electron chi connectivity index (χ0n) is 5.19. The van der Waals surface area contributed by atoms with Crippen molar-refractivity contribution >= 4 is 0 Å². The van der Waals surface area contributed by atoms with Crippen LogP contribution in [0, 0.1) is 5.92 Å². The van der Waals surface area contributed by atoms with Crippen LogP contribution in [0.4, 0.5) is 0 Å². The van der Waals surface area contributed by atoms with Crippen molar-refractivity contribution in [2.75, 3.05) is 13.7 Å². The minimum absolute atomic E-state index is 0.618. The van der Waals surface area contributed by atoms with E-state index in [1.54, 1.807) is 7.05 Å². The summed E-state index contributed by atoms with van der Waals surface area (Å²) in [6.45, 7) is 5.01. The van der Waals surface area contributed by atoms with E-state index in [0.29, 0.717) is 5.92 Å². The third-order valence-electron chi connectivity index (χ3n) is 0.561. The minimum atomic E-state index is 0.618. The Morgan fingerprint density at radius 3 is 2.29 bits per heavy atom. The van der Waals surface area contributed by atoms with Crippen LogP contribution in [0.25, 0.3) is 0 Å². The molecule has 0 unspecified atom stereocenters. The van der Waals surface area contributed by atoms with Crippen LogP contribution in [0.3, 0.4) is 0 Å². The molecule has 0 radical (unpaired) electrons. The summed E-state index contributed by atoms with van der Waals surface area (Å²) < 4.78 is 0. The molecule has 0 aliphatic heterocycles. The lowest BCUT2D eigenvalue weighted by molar-refractivity contribution is 0.0392. The lowest BCUT2D eigenvalue weighted by Gasteiger charge is -2.01. The first-order valence-electron chi connectivity index (χ1n) is 2.56. The molecule has 0 amide bonds. The first-order valence-corrected chi connectivity index (χ1v) is 2.56. The zero-order valence-corrected chi connectivity index (χ0v) is 5.19. The average Bonchev–Trinajstić information content (AvgIpc) is 1.61. The van der Waals surface area contributed by atoms with Crippen molar-refractivity contribution in [3.8, 4) is 0 Å². The summed E-state index contributed by atoms with van der Waals surface area (Å²) in [6.07, 6.45) is 0. The van der Waals surface area contributed by atoms with Crippen LogP contribution in [-0.4, -0.2) is 13.7 Å². The van der Waals surface area contributed by atoms with E-state index in [1.807, 2.05) is 0 Å². The minimum Gasteiger partial charge on any atom is -0.302 e. The smallest absolute Gasteiger partial charge is 0.0704 e. The average molecular weight is 103 g/mol. The highest BCUT2D eigenvalue weighted by Crippen LogP contribution is 1.88. The fraction of sp³-hybridized carbons (Fsp3) is 1.00. The van der Waals surface area contributed by atoms with E-state index in [4.69, 9.17) is 4.84 Å². The number of rotatable bonds is 3. The fourth-order valence-corrected chi connectivity index (χ4v) is 0.250. The van der Waals surface area contributed by atoms with Crippen LogP contribution in [0.2, 0.25) is 0 Å². The number of hydrogen-bond acceptors (Lipinski definition) is 2. The highest BCUT2D eigenvalue weighted by molar-refractivity contribution is 4.35. The molecule has 0 saturated heterocycles. The lowest BCUT2D eigenvalue weighted by atomic mass is 10.2. The van der Waals surface area contributed by atoms with Crippen molar-refractivity contribution in [3.63, 3.8) is 0 Å². The molecular formula is C5H13NO. The maximum atomic E-state index is 4.84. The van der Waals surface area contributed by atoms with Crippen LogP contribution in [0.1, 0.15) is 13.8 Å². The normalized spacial score (nSPS) is 10.3. The Morgan fingerprint density at radius 2 is 2.14 bits per heavy atom. The topological polar surface area (TPSA) is 21.3 Å². The van der Waals surface area contributed by atoms with E-state index in [2.05, 4.69) is 19.3 Å². The lowest BCUT2D eigenvalue weighted by Crippen LogP contribution is -2.11. The van der Waals surface area contributed by atoms with Gasteiger partial charge in [0, 0.05) is 7.05 Å². The first-order chi connectivity index (χ1) is 3.27. The van der Waals surface area contributed by atoms with Gasteiger partial charge in [0.2, 0.25) is 0 Å². The predicted octanol–water partition coefficient (Wildman–Crippen LogP) is 0.793. The summed E-state index contributed by atoms with van der Waals surface area (Å²) in [5.74, 6) is 0.618. The SMILES string of the molecule is CNOCC(C)C. The molecule has 44 valence electrons. The molecule has 0 atom stereocenters. The Kier molecular flexibility index (Phi) is 4.04. The summed E-state index contributed by atoms with van der Waals surface area (Å²) in [4.78, 5) is 4.84. The van der Waals surface area contributed by atoms with Gasteiger partial charge in [-0.3, -0.25) is 0 Å². The first kappa shape index (κ1) is 6.92. The highest BCUT2D eigenvalue weighted by Gasteiger charge is 1.88. The van der Waals surface area contributed by atoms with Crippen molar-refractivity contribution in [1.29, 1.82) is 0 Å². The molecule has 0 saturated carbocycles. The molecular weight excluding hydrogens is 90.1 g/mol. The molecule has 0 rings (SSSR count). The Bertz CT molecular complexity index is 37.1. The molecule has 1 N–H and O–H groups in total. The van der Waals surface area contributed by atoms with Gasteiger partial charge in [0.05, 0.1) is 6.61 Å². The van der Waals surface area contributed by atoms with E-state index in [-0.39, 0.29) is 0 Å². The quantitative estimate of drug-likeness (QED) is 0.533. The Balaban J connectivity index is 2.68. The molecule has 0 aliphatic rings. The maximum absolute atomic E-state index is 4.84. The van der Waals surface area contributed by atoms with Gasteiger partial charge >= 0.3 is 0 Å². The third-order valence-corrected chi connectivity index (χ3v) is 0.561. The van der Waals surface area contributed by atoms with Crippen LogP contribution < -0.4 is 5.48 Å². The molecule has 0 aromatic heterocycles. The number of hydrogen-bond donors (Lipinski definition) is 1. The van der Waals surface area contributed by atoms with Gasteiger partial charge in [-0.25, -0.2) is 5.48 Å². The largest absolute Gasteiger partial charge is 0.302 e. The van der Waals surface area contributed by atoms with E-state index >= 15 is 0 Å².